The Labute approximate surface area is 150 Å². The number of ether oxygens (including phenoxy) is 1. The summed E-state index contributed by atoms with van der Waals surface area (Å²) < 4.78 is 41.2. The van der Waals surface area contributed by atoms with Crippen LogP contribution < -0.4 is 15.4 Å². The molecule has 0 atom stereocenters. The summed E-state index contributed by atoms with van der Waals surface area (Å²) in [6.45, 7) is 0.207. The lowest BCUT2D eigenvalue weighted by Gasteiger charge is -2.18. The largest absolute Gasteiger partial charge is 0.573 e. The van der Waals surface area contributed by atoms with E-state index in [4.69, 9.17) is 0 Å². The van der Waals surface area contributed by atoms with E-state index in [1.54, 1.807) is 19.2 Å². The fourth-order valence-electron chi connectivity index (χ4n) is 2.51. The number of hydrogen-bond acceptors (Lipinski definition) is 2. The normalized spacial score (nSPS) is 15.9. The monoisotopic (exact) mass is 443 g/mol. The molecule has 130 valence electrons. The second kappa shape index (κ2) is 9.19. The molecule has 1 aromatic rings. The van der Waals surface area contributed by atoms with Crippen molar-refractivity contribution in [3.05, 3.63) is 29.8 Å². The van der Waals surface area contributed by atoms with Crippen LogP contribution in [0.15, 0.2) is 29.3 Å². The van der Waals surface area contributed by atoms with Gasteiger partial charge >= 0.3 is 6.36 Å². The van der Waals surface area contributed by atoms with Crippen molar-refractivity contribution >= 4 is 29.9 Å². The zero-order chi connectivity index (χ0) is 16.0. The number of para-hydroxylation sites is 1. The van der Waals surface area contributed by atoms with Crippen LogP contribution in [-0.2, 0) is 6.54 Å². The molecule has 0 unspecified atom stereocenters. The highest BCUT2D eigenvalue weighted by atomic mass is 127. The molecule has 0 aliphatic heterocycles. The van der Waals surface area contributed by atoms with Gasteiger partial charge in [0.05, 0.1) is 0 Å². The molecule has 2 rings (SSSR count). The molecule has 1 aromatic carbocycles. The molecule has 0 spiro atoms. The Balaban J connectivity index is 0.00000264. The molecular formula is C15H21F3IN3O. The van der Waals surface area contributed by atoms with E-state index in [2.05, 4.69) is 20.4 Å². The van der Waals surface area contributed by atoms with E-state index in [9.17, 15) is 13.2 Å². The molecule has 0 saturated heterocycles. The minimum Gasteiger partial charge on any atom is -0.405 e. The Morgan fingerprint density at radius 3 is 2.52 bits per heavy atom. The molecule has 1 fully saturated rings. The van der Waals surface area contributed by atoms with Crippen molar-refractivity contribution in [3.8, 4) is 5.75 Å². The van der Waals surface area contributed by atoms with Gasteiger partial charge in [-0.25, -0.2) is 0 Å². The average Bonchev–Trinajstić information content (AvgIpc) is 2.96. The smallest absolute Gasteiger partial charge is 0.405 e. The third kappa shape index (κ3) is 6.84. The second-order valence-corrected chi connectivity index (χ2v) is 5.21. The van der Waals surface area contributed by atoms with Crippen molar-refractivity contribution in [3.63, 3.8) is 0 Å². The van der Waals surface area contributed by atoms with Crippen molar-refractivity contribution in [1.82, 2.24) is 10.6 Å². The van der Waals surface area contributed by atoms with Gasteiger partial charge in [-0.2, -0.15) is 0 Å². The van der Waals surface area contributed by atoms with E-state index >= 15 is 0 Å². The molecule has 8 heteroatoms. The van der Waals surface area contributed by atoms with Gasteiger partial charge in [-0.1, -0.05) is 31.0 Å². The Kier molecular flexibility index (Phi) is 7.93. The van der Waals surface area contributed by atoms with E-state index in [1.807, 2.05) is 0 Å². The van der Waals surface area contributed by atoms with Crippen LogP contribution in [0.5, 0.6) is 5.75 Å². The molecule has 0 heterocycles. The van der Waals surface area contributed by atoms with Gasteiger partial charge in [-0.05, 0) is 18.9 Å². The Bertz CT molecular complexity index is 517. The summed E-state index contributed by atoms with van der Waals surface area (Å²) in [5.74, 6) is 0.396. The summed E-state index contributed by atoms with van der Waals surface area (Å²) in [5, 5.41) is 6.31. The number of hydrogen-bond donors (Lipinski definition) is 2. The van der Waals surface area contributed by atoms with Crippen molar-refractivity contribution in [2.45, 2.75) is 44.6 Å². The molecular weight excluding hydrogens is 422 g/mol. The number of nitrogens with one attached hydrogen (secondary N) is 2. The standard InChI is InChI=1S/C15H20F3N3O.HI/c1-19-14(21-12-7-3-4-8-12)20-10-11-6-2-5-9-13(11)22-15(16,17)18;/h2,5-6,9,12H,3-4,7-8,10H2,1H3,(H2,19,20,21);1H. The quantitative estimate of drug-likeness (QED) is 0.423. The first-order valence-corrected chi connectivity index (χ1v) is 7.29. The van der Waals surface area contributed by atoms with Crippen LogP contribution in [0.1, 0.15) is 31.2 Å². The van der Waals surface area contributed by atoms with Crippen molar-refractivity contribution in [1.29, 1.82) is 0 Å². The van der Waals surface area contributed by atoms with E-state index in [0.717, 1.165) is 12.8 Å². The topological polar surface area (TPSA) is 45.7 Å². The fourth-order valence-corrected chi connectivity index (χ4v) is 2.51. The van der Waals surface area contributed by atoms with Crippen LogP contribution in [0.2, 0.25) is 0 Å². The van der Waals surface area contributed by atoms with Gasteiger partial charge in [0.1, 0.15) is 5.75 Å². The van der Waals surface area contributed by atoms with E-state index in [-0.39, 0.29) is 36.3 Å². The van der Waals surface area contributed by atoms with Gasteiger partial charge in [0, 0.05) is 25.2 Å². The van der Waals surface area contributed by atoms with Gasteiger partial charge in [-0.3, -0.25) is 4.99 Å². The van der Waals surface area contributed by atoms with Crippen LogP contribution in [0.25, 0.3) is 0 Å². The van der Waals surface area contributed by atoms with Gasteiger partial charge in [0.25, 0.3) is 0 Å². The van der Waals surface area contributed by atoms with Crippen LogP contribution >= 0.6 is 24.0 Å². The van der Waals surface area contributed by atoms with Crippen LogP contribution in [0.4, 0.5) is 13.2 Å². The Hall–Kier alpha value is -1.19. The first-order valence-electron chi connectivity index (χ1n) is 7.29. The highest BCUT2D eigenvalue weighted by Crippen LogP contribution is 2.26. The molecule has 1 aliphatic carbocycles. The summed E-state index contributed by atoms with van der Waals surface area (Å²) >= 11 is 0. The number of benzene rings is 1. The average molecular weight is 443 g/mol. The first-order chi connectivity index (χ1) is 10.5. The summed E-state index contributed by atoms with van der Waals surface area (Å²) in [6, 6.07) is 6.46. The van der Waals surface area contributed by atoms with E-state index in [1.165, 1.54) is 25.0 Å². The maximum absolute atomic E-state index is 12.4. The number of rotatable bonds is 4. The molecule has 23 heavy (non-hydrogen) atoms. The molecule has 1 aliphatic rings. The third-order valence-electron chi connectivity index (χ3n) is 3.56. The van der Waals surface area contributed by atoms with Gasteiger partial charge in [0.2, 0.25) is 0 Å². The van der Waals surface area contributed by atoms with E-state index < -0.39 is 6.36 Å². The minimum absolute atomic E-state index is 0. The zero-order valence-corrected chi connectivity index (χ0v) is 15.2. The predicted octanol–water partition coefficient (Wildman–Crippen LogP) is 3.81. The zero-order valence-electron chi connectivity index (χ0n) is 12.8. The molecule has 0 bridgehead atoms. The number of nitrogens with zero attached hydrogens (tertiary/aromatic N) is 1. The number of halogens is 4. The SMILES string of the molecule is CN=C(NCc1ccccc1OC(F)(F)F)NC1CCCC1.I. The Morgan fingerprint density at radius 2 is 1.91 bits per heavy atom. The Morgan fingerprint density at radius 1 is 1.26 bits per heavy atom. The molecule has 1 saturated carbocycles. The van der Waals surface area contributed by atoms with Crippen LogP contribution in [0, 0.1) is 0 Å². The maximum Gasteiger partial charge on any atom is 0.573 e. The lowest BCUT2D eigenvalue weighted by Crippen LogP contribution is -2.42. The molecule has 0 amide bonds. The first kappa shape index (κ1) is 19.9. The van der Waals surface area contributed by atoms with Crippen molar-refractivity contribution < 1.29 is 17.9 Å². The highest BCUT2D eigenvalue weighted by molar-refractivity contribution is 14.0. The van der Waals surface area contributed by atoms with Crippen molar-refractivity contribution in [2.24, 2.45) is 4.99 Å². The third-order valence-corrected chi connectivity index (χ3v) is 3.56. The molecule has 4 nitrogen and oxygen atoms in total. The summed E-state index contributed by atoms with van der Waals surface area (Å²) in [4.78, 5) is 4.10. The second-order valence-electron chi connectivity index (χ2n) is 5.21. The predicted molar refractivity (Wildman–Crippen MR) is 94.1 cm³/mol. The molecule has 2 N–H and O–H groups in total. The van der Waals surface area contributed by atoms with Gasteiger partial charge in [-0.15, -0.1) is 37.1 Å². The summed E-state index contributed by atoms with van der Waals surface area (Å²) in [5.41, 5.74) is 0.425. The van der Waals surface area contributed by atoms with Gasteiger partial charge in [0.15, 0.2) is 5.96 Å². The molecule has 0 aromatic heterocycles. The highest BCUT2D eigenvalue weighted by Gasteiger charge is 2.31. The van der Waals surface area contributed by atoms with E-state index in [0.29, 0.717) is 17.6 Å². The summed E-state index contributed by atoms with van der Waals surface area (Å²) in [6.07, 6.45) is -0.128. The number of alkyl halides is 3. The number of guanidine groups is 1. The van der Waals surface area contributed by atoms with Crippen molar-refractivity contribution in [2.75, 3.05) is 7.05 Å². The number of aliphatic imine (C=N–C) groups is 1. The lowest BCUT2D eigenvalue weighted by atomic mass is 10.2. The minimum atomic E-state index is -4.69. The van der Waals surface area contributed by atoms with Crippen LogP contribution in [-0.4, -0.2) is 25.4 Å². The van der Waals surface area contributed by atoms with Gasteiger partial charge < -0.3 is 15.4 Å². The molecule has 0 radical (unpaired) electrons. The van der Waals surface area contributed by atoms with Crippen LogP contribution in [0.3, 0.4) is 0 Å². The lowest BCUT2D eigenvalue weighted by molar-refractivity contribution is -0.274. The fraction of sp³-hybridized carbons (Fsp3) is 0.533. The summed E-state index contributed by atoms with van der Waals surface area (Å²) in [7, 11) is 1.64. The maximum atomic E-state index is 12.4.